The summed E-state index contributed by atoms with van der Waals surface area (Å²) in [6.45, 7) is 2.32. The van der Waals surface area contributed by atoms with Crippen molar-refractivity contribution in [3.05, 3.63) is 128 Å². The molecule has 2 fully saturated rings. The fourth-order valence-corrected chi connectivity index (χ4v) is 7.64. The highest BCUT2D eigenvalue weighted by atomic mass is 16.6. The third-order valence-corrected chi connectivity index (χ3v) is 10.4. The molecule has 0 N–H and O–H groups in total. The van der Waals surface area contributed by atoms with Gasteiger partial charge < -0.3 is 9.47 Å². The fraction of sp³-hybridized carbons (Fsp3) is 0.368. The van der Waals surface area contributed by atoms with Gasteiger partial charge in [0.05, 0.1) is 9.85 Å². The quantitative estimate of drug-likeness (QED) is 0.129. The summed E-state index contributed by atoms with van der Waals surface area (Å²) in [5.41, 5.74) is 2.42. The summed E-state index contributed by atoms with van der Waals surface area (Å²) in [6, 6.07) is 28.8. The Kier molecular flexibility index (Phi) is 9.33. The maximum atomic E-state index is 11.0. The van der Waals surface area contributed by atoms with Gasteiger partial charge in [0, 0.05) is 29.7 Å². The van der Waals surface area contributed by atoms with Crippen LogP contribution >= 0.6 is 0 Å². The normalized spacial score (nSPS) is 19.7. The van der Waals surface area contributed by atoms with E-state index in [0.717, 1.165) is 30.6 Å². The van der Waals surface area contributed by atoms with Gasteiger partial charge in [-0.05, 0) is 116 Å². The molecule has 0 atom stereocenters. The van der Waals surface area contributed by atoms with Crippen LogP contribution < -0.4 is 9.47 Å². The van der Waals surface area contributed by atoms with Crippen LogP contribution in [0.25, 0.3) is 0 Å². The molecule has 0 aliphatic heterocycles. The summed E-state index contributed by atoms with van der Waals surface area (Å²) in [4.78, 5) is 21.2. The average molecular weight is 621 g/mol. The van der Waals surface area contributed by atoms with Gasteiger partial charge in [0.1, 0.15) is 23.0 Å². The van der Waals surface area contributed by atoms with Crippen LogP contribution in [0.5, 0.6) is 23.0 Å². The van der Waals surface area contributed by atoms with Crippen molar-refractivity contribution < 1.29 is 19.3 Å². The molecule has 0 heterocycles. The molecule has 46 heavy (non-hydrogen) atoms. The van der Waals surface area contributed by atoms with Crippen molar-refractivity contribution in [2.24, 2.45) is 17.8 Å². The monoisotopic (exact) mass is 620 g/mol. The van der Waals surface area contributed by atoms with Crippen LogP contribution in [0, 0.1) is 38.0 Å². The lowest BCUT2D eigenvalue weighted by molar-refractivity contribution is -0.385. The molecule has 2 aliphatic rings. The molecular weight excluding hydrogens is 580 g/mol. The van der Waals surface area contributed by atoms with Gasteiger partial charge in [0.15, 0.2) is 0 Å². The molecule has 2 saturated carbocycles. The third-order valence-electron chi connectivity index (χ3n) is 10.4. The largest absolute Gasteiger partial charge is 0.457 e. The average Bonchev–Trinajstić information content (AvgIpc) is 3.09. The summed E-state index contributed by atoms with van der Waals surface area (Å²) in [6.07, 6.45) is 11.3. The van der Waals surface area contributed by atoms with E-state index in [9.17, 15) is 20.2 Å². The predicted octanol–water partition coefficient (Wildman–Crippen LogP) is 10.8. The molecule has 2 aliphatic carbocycles. The number of nitro benzene ring substituents is 2. The van der Waals surface area contributed by atoms with E-state index in [0.29, 0.717) is 23.0 Å². The number of nitrogens with zero attached hydrogens (tertiary/aromatic N) is 2. The summed E-state index contributed by atoms with van der Waals surface area (Å²) in [5, 5.41) is 22.0. The first-order valence-electron chi connectivity index (χ1n) is 16.4. The minimum atomic E-state index is -0.419. The number of non-ortho nitro benzene ring substituents is 2. The van der Waals surface area contributed by atoms with Crippen molar-refractivity contribution in [2.75, 3.05) is 0 Å². The third kappa shape index (κ3) is 6.91. The first kappa shape index (κ1) is 31.3. The highest BCUT2D eigenvalue weighted by Gasteiger charge is 2.41. The molecule has 0 saturated heterocycles. The molecule has 0 aromatic heterocycles. The molecule has 0 radical (unpaired) electrons. The number of hydrogen-bond donors (Lipinski definition) is 0. The van der Waals surface area contributed by atoms with Crippen LogP contribution in [0.4, 0.5) is 11.4 Å². The molecule has 4 aromatic rings. The molecule has 238 valence electrons. The standard InChI is InChI=1S/C38H40N2O6/c1-2-27-3-5-28(6-4-27)29-23-25-38(26-24-29,30-7-15-34(16-8-30)45-36-19-11-32(12-20-36)39(41)42)31-9-17-35(18-10-31)46-37-21-13-33(14-22-37)40(43)44/h7-22,27-29H,2-6,23-26H2,1H3/t27-,28+. The van der Waals surface area contributed by atoms with Crippen LogP contribution in [-0.4, -0.2) is 9.85 Å². The Morgan fingerprint density at radius 1 is 0.565 bits per heavy atom. The first-order valence-corrected chi connectivity index (χ1v) is 16.4. The topological polar surface area (TPSA) is 105 Å². The van der Waals surface area contributed by atoms with Gasteiger partial charge in [0.2, 0.25) is 0 Å². The van der Waals surface area contributed by atoms with Crippen molar-refractivity contribution >= 4 is 11.4 Å². The first-order chi connectivity index (χ1) is 22.3. The van der Waals surface area contributed by atoms with E-state index >= 15 is 0 Å². The van der Waals surface area contributed by atoms with Crippen molar-refractivity contribution in [3.63, 3.8) is 0 Å². The van der Waals surface area contributed by atoms with Crippen LogP contribution in [0.1, 0.15) is 75.8 Å². The van der Waals surface area contributed by atoms with E-state index in [1.165, 1.54) is 80.3 Å². The zero-order valence-electron chi connectivity index (χ0n) is 26.2. The van der Waals surface area contributed by atoms with Crippen molar-refractivity contribution in [2.45, 2.75) is 70.1 Å². The van der Waals surface area contributed by atoms with Gasteiger partial charge in [-0.25, -0.2) is 0 Å². The Bertz CT molecular complexity index is 1510. The lowest BCUT2D eigenvalue weighted by Gasteiger charge is -2.44. The molecular formula is C38H40N2O6. The van der Waals surface area contributed by atoms with Crippen molar-refractivity contribution in [1.82, 2.24) is 0 Å². The number of rotatable bonds is 10. The van der Waals surface area contributed by atoms with E-state index < -0.39 is 9.85 Å². The smallest absolute Gasteiger partial charge is 0.269 e. The van der Waals surface area contributed by atoms with Crippen molar-refractivity contribution in [3.8, 4) is 23.0 Å². The Morgan fingerprint density at radius 2 is 0.913 bits per heavy atom. The molecule has 0 unspecified atom stereocenters. The second kappa shape index (κ2) is 13.7. The highest BCUT2D eigenvalue weighted by molar-refractivity contribution is 5.46. The zero-order chi connectivity index (χ0) is 32.1. The van der Waals surface area contributed by atoms with E-state index in [-0.39, 0.29) is 16.8 Å². The van der Waals surface area contributed by atoms with Crippen LogP contribution in [-0.2, 0) is 5.41 Å². The van der Waals surface area contributed by atoms with E-state index in [2.05, 4.69) is 31.2 Å². The Labute approximate surface area is 269 Å². The minimum absolute atomic E-state index is 0.0304. The Balaban J connectivity index is 1.22. The van der Waals surface area contributed by atoms with Gasteiger partial charge in [-0.15, -0.1) is 0 Å². The number of ether oxygens (including phenoxy) is 2. The summed E-state index contributed by atoms with van der Waals surface area (Å²) in [7, 11) is 0. The second-order valence-corrected chi connectivity index (χ2v) is 12.9. The number of nitro groups is 2. The molecule has 6 rings (SSSR count). The predicted molar refractivity (Wildman–Crippen MR) is 178 cm³/mol. The maximum Gasteiger partial charge on any atom is 0.269 e. The van der Waals surface area contributed by atoms with E-state index in [4.69, 9.17) is 9.47 Å². The van der Waals surface area contributed by atoms with E-state index in [1.807, 2.05) is 24.3 Å². The molecule has 0 spiro atoms. The van der Waals surface area contributed by atoms with Crippen LogP contribution in [0.2, 0.25) is 0 Å². The van der Waals surface area contributed by atoms with Crippen LogP contribution in [0.15, 0.2) is 97.1 Å². The minimum Gasteiger partial charge on any atom is -0.457 e. The van der Waals surface area contributed by atoms with Crippen molar-refractivity contribution in [1.29, 1.82) is 0 Å². The molecule has 8 nitrogen and oxygen atoms in total. The Hall–Kier alpha value is -4.72. The highest BCUT2D eigenvalue weighted by Crippen LogP contribution is 2.51. The molecule has 8 heteroatoms. The van der Waals surface area contributed by atoms with E-state index in [1.54, 1.807) is 24.3 Å². The molecule has 4 aromatic carbocycles. The molecule has 0 bridgehead atoms. The van der Waals surface area contributed by atoms with Gasteiger partial charge in [-0.3, -0.25) is 20.2 Å². The van der Waals surface area contributed by atoms with Gasteiger partial charge in [0.25, 0.3) is 11.4 Å². The zero-order valence-corrected chi connectivity index (χ0v) is 26.2. The fourth-order valence-electron chi connectivity index (χ4n) is 7.64. The maximum absolute atomic E-state index is 11.0. The summed E-state index contributed by atoms with van der Waals surface area (Å²) >= 11 is 0. The number of hydrogen-bond acceptors (Lipinski definition) is 6. The summed E-state index contributed by atoms with van der Waals surface area (Å²) < 4.78 is 12.0. The van der Waals surface area contributed by atoms with Gasteiger partial charge in [-0.1, -0.05) is 50.5 Å². The van der Waals surface area contributed by atoms with Gasteiger partial charge in [-0.2, -0.15) is 0 Å². The number of benzene rings is 4. The van der Waals surface area contributed by atoms with Gasteiger partial charge >= 0.3 is 0 Å². The van der Waals surface area contributed by atoms with Crippen LogP contribution in [0.3, 0.4) is 0 Å². The second-order valence-electron chi connectivity index (χ2n) is 12.9. The SMILES string of the molecule is CC[C@H]1CC[C@@H](C2CCC(c3ccc(Oc4ccc([N+](=O)[O-])cc4)cc3)(c3ccc(Oc4ccc([N+](=O)[O-])cc4)cc3)CC2)CC1. The Morgan fingerprint density at radius 3 is 1.26 bits per heavy atom. The summed E-state index contributed by atoms with van der Waals surface area (Å²) in [5.74, 6) is 4.96. The lowest BCUT2D eigenvalue weighted by atomic mass is 9.60. The molecule has 0 amide bonds. The lowest BCUT2D eigenvalue weighted by Crippen LogP contribution is -2.35.